The van der Waals surface area contributed by atoms with Gasteiger partial charge in [-0.2, -0.15) is 5.26 Å². The average molecular weight is 446 g/mol. The molecule has 1 heterocycles. The van der Waals surface area contributed by atoms with E-state index in [1.54, 1.807) is 0 Å². The number of rotatable bonds is 5. The summed E-state index contributed by atoms with van der Waals surface area (Å²) in [6.07, 6.45) is 1.70. The van der Waals surface area contributed by atoms with Crippen molar-refractivity contribution in [1.29, 1.82) is 5.26 Å². The first-order chi connectivity index (χ1) is 15.4. The highest BCUT2D eigenvalue weighted by molar-refractivity contribution is 6.31. The van der Waals surface area contributed by atoms with Crippen LogP contribution in [0.2, 0.25) is 5.02 Å². The summed E-state index contributed by atoms with van der Waals surface area (Å²) in [6.45, 7) is 5.72. The summed E-state index contributed by atoms with van der Waals surface area (Å²) in [7, 11) is 0. The summed E-state index contributed by atoms with van der Waals surface area (Å²) < 4.78 is 0. The molecule has 0 radical (unpaired) electrons. The van der Waals surface area contributed by atoms with E-state index in [4.69, 9.17) is 11.6 Å². The molecule has 0 spiro atoms. The van der Waals surface area contributed by atoms with Gasteiger partial charge < -0.3 is 10.6 Å². The molecule has 1 aliphatic rings. The topological polar surface area (TPSA) is 64.9 Å². The van der Waals surface area contributed by atoms with Crippen LogP contribution in [0.1, 0.15) is 49.4 Å². The van der Waals surface area contributed by atoms with Crippen molar-refractivity contribution in [3.8, 4) is 6.07 Å². The minimum Gasteiger partial charge on any atom is -0.349 e. The molecule has 1 fully saturated rings. The summed E-state index contributed by atoms with van der Waals surface area (Å²) in [6, 6.07) is 21.8. The Hall–Kier alpha value is -2.87. The van der Waals surface area contributed by atoms with Gasteiger partial charge in [0.15, 0.2) is 0 Å². The third-order valence-corrected chi connectivity index (χ3v) is 7.19. The Morgan fingerprint density at radius 1 is 1.09 bits per heavy atom. The molecular weight excluding hydrogens is 418 g/mol. The van der Waals surface area contributed by atoms with Crippen LogP contribution >= 0.6 is 11.6 Å². The van der Waals surface area contributed by atoms with Crippen LogP contribution in [-0.2, 0) is 10.2 Å². The van der Waals surface area contributed by atoms with E-state index in [0.29, 0.717) is 10.6 Å². The van der Waals surface area contributed by atoms with Gasteiger partial charge in [0.25, 0.3) is 0 Å². The Bertz CT molecular complexity index is 1180. The maximum absolute atomic E-state index is 13.6. The van der Waals surface area contributed by atoms with Gasteiger partial charge in [0.1, 0.15) is 0 Å². The maximum atomic E-state index is 13.6. The molecule has 1 amide bonds. The van der Waals surface area contributed by atoms with E-state index in [-0.39, 0.29) is 23.3 Å². The van der Waals surface area contributed by atoms with E-state index in [9.17, 15) is 10.1 Å². The lowest BCUT2D eigenvalue weighted by molar-refractivity contribution is -0.127. The van der Waals surface area contributed by atoms with Gasteiger partial charge >= 0.3 is 0 Å². The molecular formula is C27H28ClN3O. The number of hydrogen-bond donors (Lipinski definition) is 2. The van der Waals surface area contributed by atoms with E-state index in [1.807, 2.05) is 62.4 Å². The number of carbonyl (C=O) groups excluding carboxylic acids is 1. The number of nitriles is 1. The van der Waals surface area contributed by atoms with Crippen molar-refractivity contribution >= 4 is 28.3 Å². The van der Waals surface area contributed by atoms with Crippen molar-refractivity contribution < 1.29 is 4.79 Å². The maximum Gasteiger partial charge on any atom is 0.224 e. The SMILES string of the molecule is CC(NC(=O)C(C)C1(c2cccc(C#N)c2)CCNCC1)c1cc(Cl)cc2ccccc12. The van der Waals surface area contributed by atoms with Crippen LogP contribution in [0.4, 0.5) is 0 Å². The Balaban J connectivity index is 1.64. The quantitative estimate of drug-likeness (QED) is 0.545. The van der Waals surface area contributed by atoms with E-state index >= 15 is 0 Å². The number of hydrogen-bond acceptors (Lipinski definition) is 3. The van der Waals surface area contributed by atoms with Crippen LogP contribution in [-0.4, -0.2) is 19.0 Å². The standard InChI is InChI=1S/C27H28ClN3O/c1-18(27(10-12-30-13-11-27)22-8-5-6-20(14-22)17-29)26(32)31-19(2)25-16-23(28)15-21-7-3-4-9-24(21)25/h3-9,14-16,18-19,30H,10-13H2,1-2H3,(H,31,32). The second-order valence-corrected chi connectivity index (χ2v) is 9.20. The third kappa shape index (κ3) is 4.24. The van der Waals surface area contributed by atoms with Crippen molar-refractivity contribution in [2.45, 2.75) is 38.1 Å². The first-order valence-corrected chi connectivity index (χ1v) is 11.5. The molecule has 4 nitrogen and oxygen atoms in total. The number of benzene rings is 3. The molecule has 3 aromatic rings. The highest BCUT2D eigenvalue weighted by atomic mass is 35.5. The number of piperidine rings is 1. The first-order valence-electron chi connectivity index (χ1n) is 11.1. The monoisotopic (exact) mass is 445 g/mol. The fraction of sp³-hybridized carbons (Fsp3) is 0.333. The van der Waals surface area contributed by atoms with Gasteiger partial charge in [-0.05, 0) is 79.0 Å². The number of amides is 1. The van der Waals surface area contributed by atoms with Crippen LogP contribution in [0.5, 0.6) is 0 Å². The minimum absolute atomic E-state index is 0.0193. The number of nitrogens with one attached hydrogen (secondary N) is 2. The number of carbonyl (C=O) groups is 1. The molecule has 0 aliphatic carbocycles. The summed E-state index contributed by atoms with van der Waals surface area (Å²) in [5.74, 6) is -0.225. The van der Waals surface area contributed by atoms with Crippen molar-refractivity contribution in [2.24, 2.45) is 5.92 Å². The molecule has 2 N–H and O–H groups in total. The molecule has 0 aromatic heterocycles. The molecule has 0 bridgehead atoms. The van der Waals surface area contributed by atoms with Crippen LogP contribution in [0, 0.1) is 17.2 Å². The van der Waals surface area contributed by atoms with Gasteiger partial charge in [0.2, 0.25) is 5.91 Å². The Labute approximate surface area is 194 Å². The predicted molar refractivity (Wildman–Crippen MR) is 130 cm³/mol. The average Bonchev–Trinajstić information content (AvgIpc) is 2.83. The molecule has 0 saturated carbocycles. The van der Waals surface area contributed by atoms with Crippen molar-refractivity contribution in [1.82, 2.24) is 10.6 Å². The van der Waals surface area contributed by atoms with Crippen molar-refractivity contribution in [2.75, 3.05) is 13.1 Å². The molecule has 3 aromatic carbocycles. The van der Waals surface area contributed by atoms with Crippen LogP contribution in [0.25, 0.3) is 10.8 Å². The number of fused-ring (bicyclic) bond motifs is 1. The first kappa shape index (κ1) is 22.3. The number of nitrogens with zero attached hydrogens (tertiary/aromatic N) is 1. The molecule has 164 valence electrons. The lowest BCUT2D eigenvalue weighted by Crippen LogP contribution is -2.49. The van der Waals surface area contributed by atoms with Gasteiger partial charge in [-0.15, -0.1) is 0 Å². The molecule has 5 heteroatoms. The van der Waals surface area contributed by atoms with Crippen molar-refractivity contribution in [3.05, 3.63) is 82.4 Å². The zero-order chi connectivity index (χ0) is 22.7. The molecule has 2 unspecified atom stereocenters. The van der Waals surface area contributed by atoms with Gasteiger partial charge in [-0.25, -0.2) is 0 Å². The largest absolute Gasteiger partial charge is 0.349 e. The second kappa shape index (κ2) is 9.32. The van der Waals surface area contributed by atoms with E-state index in [0.717, 1.165) is 47.8 Å². The molecule has 4 rings (SSSR count). The Morgan fingerprint density at radius 2 is 1.84 bits per heavy atom. The highest BCUT2D eigenvalue weighted by Crippen LogP contribution is 2.41. The minimum atomic E-state index is -0.307. The molecule has 2 atom stereocenters. The Kier molecular flexibility index (Phi) is 6.50. The van der Waals surface area contributed by atoms with Crippen LogP contribution < -0.4 is 10.6 Å². The van der Waals surface area contributed by atoms with Gasteiger partial charge in [0, 0.05) is 16.4 Å². The molecule has 1 saturated heterocycles. The third-order valence-electron chi connectivity index (χ3n) is 6.97. The van der Waals surface area contributed by atoms with E-state index < -0.39 is 0 Å². The normalized spacial score (nSPS) is 17.3. The van der Waals surface area contributed by atoms with Gasteiger partial charge in [-0.3, -0.25) is 4.79 Å². The predicted octanol–water partition coefficient (Wildman–Crippen LogP) is 5.50. The fourth-order valence-corrected chi connectivity index (χ4v) is 5.31. The molecule has 1 aliphatic heterocycles. The highest BCUT2D eigenvalue weighted by Gasteiger charge is 2.42. The van der Waals surface area contributed by atoms with E-state index in [2.05, 4.69) is 28.8 Å². The molecule has 32 heavy (non-hydrogen) atoms. The Morgan fingerprint density at radius 3 is 2.59 bits per heavy atom. The summed E-state index contributed by atoms with van der Waals surface area (Å²) in [5, 5.41) is 18.9. The van der Waals surface area contributed by atoms with Gasteiger partial charge in [0.05, 0.1) is 17.7 Å². The second-order valence-electron chi connectivity index (χ2n) is 8.77. The summed E-state index contributed by atoms with van der Waals surface area (Å²) in [4.78, 5) is 13.6. The van der Waals surface area contributed by atoms with Crippen LogP contribution in [0.15, 0.2) is 60.7 Å². The van der Waals surface area contributed by atoms with E-state index in [1.165, 1.54) is 0 Å². The number of halogens is 1. The fourth-order valence-electron chi connectivity index (χ4n) is 5.07. The lowest BCUT2D eigenvalue weighted by Gasteiger charge is -2.42. The zero-order valence-corrected chi connectivity index (χ0v) is 19.2. The summed E-state index contributed by atoms with van der Waals surface area (Å²) in [5.41, 5.74) is 2.41. The summed E-state index contributed by atoms with van der Waals surface area (Å²) >= 11 is 6.37. The van der Waals surface area contributed by atoms with Gasteiger partial charge in [-0.1, -0.05) is 54.9 Å². The smallest absolute Gasteiger partial charge is 0.224 e. The zero-order valence-electron chi connectivity index (χ0n) is 18.5. The lowest BCUT2D eigenvalue weighted by atomic mass is 9.64. The van der Waals surface area contributed by atoms with Crippen LogP contribution in [0.3, 0.4) is 0 Å². The van der Waals surface area contributed by atoms with Crippen molar-refractivity contribution in [3.63, 3.8) is 0 Å².